The summed E-state index contributed by atoms with van der Waals surface area (Å²) >= 11 is 0. The fraction of sp³-hybridized carbons (Fsp3) is 0.133. The molecule has 0 nitrogen and oxygen atoms in total. The fourth-order valence-corrected chi connectivity index (χ4v) is 3.45. The first-order valence-corrected chi connectivity index (χ1v) is 10.6. The largest absolute Gasteiger partial charge is 0.0622 e. The van der Waals surface area contributed by atoms with E-state index in [2.05, 4.69) is 129 Å². The van der Waals surface area contributed by atoms with Gasteiger partial charge in [-0.15, -0.1) is 0 Å². The van der Waals surface area contributed by atoms with Crippen LogP contribution in [0.4, 0.5) is 0 Å². The van der Waals surface area contributed by atoms with Gasteiger partial charge in [0.15, 0.2) is 0 Å². The molecule has 0 spiro atoms. The zero-order valence-corrected chi connectivity index (χ0v) is 17.9. The molecule has 4 rings (SSSR count). The summed E-state index contributed by atoms with van der Waals surface area (Å²) in [5.41, 5.74) is 6.65. The van der Waals surface area contributed by atoms with Crippen molar-refractivity contribution >= 4 is 11.6 Å². The highest BCUT2D eigenvalue weighted by Gasteiger charge is 2.05. The van der Waals surface area contributed by atoms with Crippen molar-refractivity contribution in [1.82, 2.24) is 0 Å². The second-order valence-corrected chi connectivity index (χ2v) is 7.61. The average molecular weight is 391 g/mol. The molecule has 0 aromatic heterocycles. The minimum absolute atomic E-state index is 0.591. The Morgan fingerprint density at radius 1 is 0.633 bits per heavy atom. The van der Waals surface area contributed by atoms with Crippen molar-refractivity contribution in [2.75, 3.05) is 0 Å². The van der Waals surface area contributed by atoms with Crippen LogP contribution in [0.25, 0.3) is 11.6 Å². The van der Waals surface area contributed by atoms with Gasteiger partial charge in [0.05, 0.1) is 0 Å². The maximum atomic E-state index is 2.28. The number of rotatable bonds is 5. The zero-order valence-electron chi connectivity index (χ0n) is 17.9. The van der Waals surface area contributed by atoms with Gasteiger partial charge in [0.1, 0.15) is 0 Å². The van der Waals surface area contributed by atoms with Crippen molar-refractivity contribution in [3.05, 3.63) is 144 Å². The topological polar surface area (TPSA) is 0 Å². The smallest absolute Gasteiger partial charge is 0.0150 e. The van der Waals surface area contributed by atoms with Crippen LogP contribution in [-0.2, 0) is 6.42 Å². The van der Waals surface area contributed by atoms with E-state index in [0.717, 1.165) is 6.42 Å². The maximum Gasteiger partial charge on any atom is -0.0150 e. The summed E-state index contributed by atoms with van der Waals surface area (Å²) in [4.78, 5) is 0. The molecule has 0 aliphatic heterocycles. The average Bonchev–Trinajstić information content (AvgIpc) is 2.82. The Kier molecular flexibility index (Phi) is 8.23. The third-order valence-electron chi connectivity index (χ3n) is 5.17. The molecule has 4 aromatic carbocycles. The Hall–Kier alpha value is -3.38. The number of hydrogen-bond donors (Lipinski definition) is 0. The second kappa shape index (κ2) is 11.6. The quantitative estimate of drug-likeness (QED) is 0.301. The van der Waals surface area contributed by atoms with Crippen molar-refractivity contribution < 1.29 is 0 Å². The third-order valence-corrected chi connectivity index (χ3v) is 5.17. The van der Waals surface area contributed by atoms with Gasteiger partial charge in [0.2, 0.25) is 0 Å². The van der Waals surface area contributed by atoms with E-state index in [1.165, 1.54) is 27.8 Å². The Bertz CT molecular complexity index is 1000. The van der Waals surface area contributed by atoms with Crippen LogP contribution in [0.1, 0.15) is 42.0 Å². The van der Waals surface area contributed by atoms with Crippen LogP contribution in [0.3, 0.4) is 0 Å². The van der Waals surface area contributed by atoms with Gasteiger partial charge in [0, 0.05) is 0 Å². The van der Waals surface area contributed by atoms with Gasteiger partial charge in [-0.1, -0.05) is 134 Å². The van der Waals surface area contributed by atoms with Crippen LogP contribution in [0, 0.1) is 0 Å². The molecule has 0 saturated carbocycles. The van der Waals surface area contributed by atoms with Crippen molar-refractivity contribution in [1.29, 1.82) is 0 Å². The molecule has 0 saturated heterocycles. The minimum atomic E-state index is 0.591. The molecule has 1 atom stereocenters. The van der Waals surface area contributed by atoms with E-state index in [-0.39, 0.29) is 0 Å². The molecule has 0 heterocycles. The predicted octanol–water partition coefficient (Wildman–Crippen LogP) is 8.28. The van der Waals surface area contributed by atoms with Gasteiger partial charge in [-0.3, -0.25) is 0 Å². The maximum absolute atomic E-state index is 2.28. The first-order chi connectivity index (χ1) is 14.7. The summed E-state index contributed by atoms with van der Waals surface area (Å²) in [5, 5.41) is 0. The highest BCUT2D eigenvalue weighted by Crippen LogP contribution is 2.19. The highest BCUT2D eigenvalue weighted by atomic mass is 14.1. The van der Waals surface area contributed by atoms with E-state index >= 15 is 0 Å². The van der Waals surface area contributed by atoms with Crippen LogP contribution in [0.5, 0.6) is 0 Å². The van der Waals surface area contributed by atoms with E-state index < -0.39 is 0 Å². The van der Waals surface area contributed by atoms with Crippen molar-refractivity contribution in [3.8, 4) is 0 Å². The van der Waals surface area contributed by atoms with Crippen LogP contribution >= 0.6 is 0 Å². The Morgan fingerprint density at radius 2 is 1.10 bits per heavy atom. The van der Waals surface area contributed by atoms with Crippen LogP contribution < -0.4 is 0 Å². The third kappa shape index (κ3) is 6.90. The first kappa shape index (κ1) is 21.3. The van der Waals surface area contributed by atoms with Gasteiger partial charge in [0.25, 0.3) is 0 Å². The van der Waals surface area contributed by atoms with E-state index in [0.29, 0.717) is 5.92 Å². The molecule has 0 N–H and O–H groups in total. The first-order valence-electron chi connectivity index (χ1n) is 10.6. The van der Waals surface area contributed by atoms with Gasteiger partial charge in [-0.2, -0.15) is 0 Å². The molecule has 0 bridgehead atoms. The SMILES string of the molecule is C/C(=C\c1ccccc1)c1ccccc1.CC(Cc1ccccc1)c1ccccc1. The van der Waals surface area contributed by atoms with Crippen LogP contribution in [0.2, 0.25) is 0 Å². The minimum Gasteiger partial charge on any atom is -0.0622 e. The molecule has 1 unspecified atom stereocenters. The molecule has 30 heavy (non-hydrogen) atoms. The summed E-state index contributed by atoms with van der Waals surface area (Å²) in [5.74, 6) is 0.591. The fourth-order valence-electron chi connectivity index (χ4n) is 3.45. The van der Waals surface area contributed by atoms with Crippen molar-refractivity contribution in [2.45, 2.75) is 26.2 Å². The molecule has 0 aliphatic carbocycles. The van der Waals surface area contributed by atoms with E-state index in [1.54, 1.807) is 0 Å². The predicted molar refractivity (Wildman–Crippen MR) is 131 cm³/mol. The number of benzene rings is 4. The molecule has 0 fully saturated rings. The van der Waals surface area contributed by atoms with E-state index in [4.69, 9.17) is 0 Å². The number of allylic oxidation sites excluding steroid dienone is 1. The Labute approximate surface area is 181 Å². The molecular weight excluding hydrogens is 360 g/mol. The highest BCUT2D eigenvalue weighted by molar-refractivity contribution is 5.79. The molecule has 0 amide bonds. The zero-order chi connectivity index (χ0) is 21.0. The van der Waals surface area contributed by atoms with Crippen molar-refractivity contribution in [3.63, 3.8) is 0 Å². The number of hydrogen-bond acceptors (Lipinski definition) is 0. The normalized spacial score (nSPS) is 11.9. The standard InChI is InChI=1S/C15H16.C15H14/c2*1-13(15-10-6-3-7-11-15)12-14-8-4-2-5-9-14/h2-11,13H,12H2,1H3;2-12H,1H3/b;13-12+. The second-order valence-electron chi connectivity index (χ2n) is 7.61. The molecule has 4 aromatic rings. The van der Waals surface area contributed by atoms with E-state index in [1.807, 2.05) is 12.1 Å². The summed E-state index contributed by atoms with van der Waals surface area (Å²) in [6.07, 6.45) is 3.32. The lowest BCUT2D eigenvalue weighted by Gasteiger charge is -2.11. The van der Waals surface area contributed by atoms with Gasteiger partial charge >= 0.3 is 0 Å². The van der Waals surface area contributed by atoms with Gasteiger partial charge in [-0.25, -0.2) is 0 Å². The summed E-state index contributed by atoms with van der Waals surface area (Å²) in [6, 6.07) is 42.2. The summed E-state index contributed by atoms with van der Waals surface area (Å²) in [6.45, 7) is 4.42. The molecule has 0 radical (unpaired) electrons. The Morgan fingerprint density at radius 3 is 1.67 bits per heavy atom. The van der Waals surface area contributed by atoms with E-state index in [9.17, 15) is 0 Å². The monoisotopic (exact) mass is 390 g/mol. The molecule has 0 aliphatic rings. The molecular formula is C30H30. The summed E-state index contributed by atoms with van der Waals surface area (Å²) in [7, 11) is 0. The van der Waals surface area contributed by atoms with Crippen molar-refractivity contribution in [2.24, 2.45) is 0 Å². The molecule has 0 heteroatoms. The lowest BCUT2D eigenvalue weighted by Crippen LogP contribution is -1.97. The van der Waals surface area contributed by atoms with Gasteiger partial charge < -0.3 is 0 Å². The van der Waals surface area contributed by atoms with Crippen LogP contribution in [0.15, 0.2) is 121 Å². The lowest BCUT2D eigenvalue weighted by molar-refractivity contribution is 0.759. The Balaban J connectivity index is 0.000000171. The lowest BCUT2D eigenvalue weighted by atomic mass is 9.94. The summed E-state index contributed by atoms with van der Waals surface area (Å²) < 4.78 is 0. The molecule has 150 valence electrons. The van der Waals surface area contributed by atoms with Crippen LogP contribution in [-0.4, -0.2) is 0 Å². The van der Waals surface area contributed by atoms with Gasteiger partial charge in [-0.05, 0) is 47.1 Å².